The molecule has 3 nitrogen and oxygen atoms in total. The molecule has 1 aliphatic carbocycles. The first-order valence-corrected chi connectivity index (χ1v) is 10.7. The fourth-order valence-electron chi connectivity index (χ4n) is 4.40. The van der Waals surface area contributed by atoms with Crippen LogP contribution in [0.1, 0.15) is 76.3 Å². The second kappa shape index (κ2) is 9.05. The van der Waals surface area contributed by atoms with E-state index < -0.39 is 0 Å². The first kappa shape index (κ1) is 20.1. The fraction of sp³-hybridized carbons (Fsp3) is 0.625. The van der Waals surface area contributed by atoms with Gasteiger partial charge in [-0.1, -0.05) is 81.0 Å². The summed E-state index contributed by atoms with van der Waals surface area (Å²) in [6, 6.07) is 8.65. The van der Waals surface area contributed by atoms with Crippen LogP contribution < -0.4 is 5.32 Å². The number of rotatable bonds is 8. The zero-order valence-electron chi connectivity index (χ0n) is 17.2. The van der Waals surface area contributed by atoms with Gasteiger partial charge in [-0.2, -0.15) is 0 Å². The normalized spacial score (nSPS) is 26.9. The van der Waals surface area contributed by atoms with Gasteiger partial charge in [-0.05, 0) is 38.2 Å². The summed E-state index contributed by atoms with van der Waals surface area (Å²) in [7, 11) is 0. The Bertz CT molecular complexity index is 681. The van der Waals surface area contributed by atoms with Crippen LogP contribution in [0.25, 0.3) is 6.08 Å². The van der Waals surface area contributed by atoms with E-state index in [9.17, 15) is 4.79 Å². The Morgan fingerprint density at radius 3 is 2.93 bits per heavy atom. The number of allylic oxidation sites excluding steroid dienone is 1. The second-order valence-corrected chi connectivity index (χ2v) is 8.70. The van der Waals surface area contributed by atoms with Gasteiger partial charge in [-0.15, -0.1) is 0 Å². The van der Waals surface area contributed by atoms with E-state index in [4.69, 9.17) is 4.74 Å². The van der Waals surface area contributed by atoms with Crippen molar-refractivity contribution in [3.8, 4) is 0 Å². The molecule has 3 heteroatoms. The third-order valence-electron chi connectivity index (χ3n) is 6.26. The molecular formula is C24H35NO2. The van der Waals surface area contributed by atoms with Gasteiger partial charge in [0.25, 0.3) is 0 Å². The maximum atomic E-state index is 12.5. The van der Waals surface area contributed by atoms with Crippen LogP contribution >= 0.6 is 0 Å². The highest BCUT2D eigenvalue weighted by atomic mass is 16.6. The van der Waals surface area contributed by atoms with Gasteiger partial charge >= 0.3 is 5.97 Å². The number of aryl methyl sites for hydroxylation is 1. The number of benzene rings is 1. The van der Waals surface area contributed by atoms with E-state index in [1.54, 1.807) is 0 Å². The molecule has 1 aromatic carbocycles. The lowest BCUT2D eigenvalue weighted by Gasteiger charge is -2.47. The Hall–Kier alpha value is -1.61. The molecule has 148 valence electrons. The SMILES string of the molecule is CCCCCCC(C)C(=O)OC1NCC12CCC(=Cc1cccc(C)c1)C2. The van der Waals surface area contributed by atoms with Crippen molar-refractivity contribution < 1.29 is 9.53 Å². The standard InChI is InChI=1S/C24H35NO2/c1-4-5-6-7-10-19(3)22(26)27-23-24(17-25-23)13-12-21(16-24)15-20-11-8-9-18(2)14-20/h8-9,11,14-15,19,23,25H,4-7,10,12-13,16-17H2,1-3H3. The molecule has 1 aliphatic heterocycles. The largest absolute Gasteiger partial charge is 0.446 e. The molecule has 1 aromatic rings. The minimum Gasteiger partial charge on any atom is -0.446 e. The molecule has 2 aliphatic rings. The topological polar surface area (TPSA) is 38.3 Å². The van der Waals surface area contributed by atoms with Gasteiger partial charge < -0.3 is 4.74 Å². The van der Waals surface area contributed by atoms with Crippen molar-refractivity contribution >= 4 is 12.0 Å². The monoisotopic (exact) mass is 369 g/mol. The van der Waals surface area contributed by atoms with Gasteiger partial charge in [0.15, 0.2) is 6.23 Å². The van der Waals surface area contributed by atoms with Gasteiger partial charge in [0.1, 0.15) is 0 Å². The molecule has 0 bridgehead atoms. The minimum absolute atomic E-state index is 0.00464. The number of unbranched alkanes of at least 4 members (excludes halogenated alkanes) is 3. The predicted molar refractivity (Wildman–Crippen MR) is 111 cm³/mol. The van der Waals surface area contributed by atoms with E-state index in [2.05, 4.69) is 49.5 Å². The highest BCUT2D eigenvalue weighted by Gasteiger charge is 2.52. The first-order valence-electron chi connectivity index (χ1n) is 10.7. The van der Waals surface area contributed by atoms with Crippen LogP contribution in [-0.4, -0.2) is 18.7 Å². The molecule has 3 unspecified atom stereocenters. The third-order valence-corrected chi connectivity index (χ3v) is 6.26. The maximum Gasteiger partial charge on any atom is 0.310 e. The summed E-state index contributed by atoms with van der Waals surface area (Å²) in [4.78, 5) is 12.5. The number of ether oxygens (including phenoxy) is 1. The maximum absolute atomic E-state index is 12.5. The molecule has 1 heterocycles. The van der Waals surface area contributed by atoms with Crippen LogP contribution in [0.15, 0.2) is 29.8 Å². The van der Waals surface area contributed by atoms with Gasteiger partial charge in [0.2, 0.25) is 0 Å². The summed E-state index contributed by atoms with van der Waals surface area (Å²) >= 11 is 0. The second-order valence-electron chi connectivity index (χ2n) is 8.70. The zero-order valence-corrected chi connectivity index (χ0v) is 17.2. The number of hydrogen-bond donors (Lipinski definition) is 1. The van der Waals surface area contributed by atoms with Crippen molar-refractivity contribution in [2.45, 2.75) is 78.4 Å². The lowest BCUT2D eigenvalue weighted by molar-refractivity contribution is -0.176. The van der Waals surface area contributed by atoms with Gasteiger partial charge in [-0.3, -0.25) is 10.1 Å². The van der Waals surface area contributed by atoms with Crippen LogP contribution in [0.3, 0.4) is 0 Å². The summed E-state index contributed by atoms with van der Waals surface area (Å²) in [5.41, 5.74) is 4.18. The van der Waals surface area contributed by atoms with E-state index in [0.29, 0.717) is 0 Å². The van der Waals surface area contributed by atoms with Gasteiger partial charge in [0, 0.05) is 12.0 Å². The average molecular weight is 370 g/mol. The molecular weight excluding hydrogens is 334 g/mol. The van der Waals surface area contributed by atoms with Gasteiger partial charge in [-0.25, -0.2) is 0 Å². The zero-order chi connectivity index (χ0) is 19.3. The number of carbonyl (C=O) groups is 1. The lowest BCUT2D eigenvalue weighted by Crippen LogP contribution is -2.63. The molecule has 0 radical (unpaired) electrons. The quantitative estimate of drug-likeness (QED) is 0.477. The summed E-state index contributed by atoms with van der Waals surface area (Å²) < 4.78 is 5.88. The molecule has 27 heavy (non-hydrogen) atoms. The van der Waals surface area contributed by atoms with E-state index >= 15 is 0 Å². The number of hydrogen-bond acceptors (Lipinski definition) is 3. The molecule has 3 atom stereocenters. The summed E-state index contributed by atoms with van der Waals surface area (Å²) in [6.45, 7) is 7.31. The Morgan fingerprint density at radius 1 is 1.37 bits per heavy atom. The summed E-state index contributed by atoms with van der Waals surface area (Å²) in [5, 5.41) is 3.36. The molecule has 3 rings (SSSR count). The Morgan fingerprint density at radius 2 is 2.22 bits per heavy atom. The molecule has 1 spiro atoms. The van der Waals surface area contributed by atoms with E-state index in [0.717, 1.165) is 38.6 Å². The highest BCUT2D eigenvalue weighted by Crippen LogP contribution is 2.49. The van der Waals surface area contributed by atoms with Crippen molar-refractivity contribution in [1.82, 2.24) is 5.32 Å². The van der Waals surface area contributed by atoms with Crippen molar-refractivity contribution in [2.24, 2.45) is 11.3 Å². The van der Waals surface area contributed by atoms with Crippen LogP contribution in [0.2, 0.25) is 0 Å². The average Bonchev–Trinajstić information content (AvgIpc) is 3.08. The van der Waals surface area contributed by atoms with Crippen LogP contribution in [0.5, 0.6) is 0 Å². The number of carbonyl (C=O) groups excluding carboxylic acids is 1. The molecule has 0 aromatic heterocycles. The van der Waals surface area contributed by atoms with E-state index in [-0.39, 0.29) is 23.5 Å². The fourth-order valence-corrected chi connectivity index (χ4v) is 4.40. The van der Waals surface area contributed by atoms with E-state index in [1.807, 2.05) is 6.92 Å². The summed E-state index contributed by atoms with van der Waals surface area (Å²) in [6.07, 6.45) is 11.2. The first-order chi connectivity index (χ1) is 13.0. The number of nitrogens with one attached hydrogen (secondary N) is 1. The van der Waals surface area contributed by atoms with Gasteiger partial charge in [0.05, 0.1) is 5.92 Å². The predicted octanol–water partition coefficient (Wildman–Crippen LogP) is 5.63. The lowest BCUT2D eigenvalue weighted by atomic mass is 9.77. The Labute approximate surface area is 164 Å². The van der Waals surface area contributed by atoms with Crippen LogP contribution in [0, 0.1) is 18.3 Å². The molecule has 1 N–H and O–H groups in total. The third kappa shape index (κ3) is 5.01. The van der Waals surface area contributed by atoms with Crippen molar-refractivity contribution in [3.63, 3.8) is 0 Å². The summed E-state index contributed by atoms with van der Waals surface area (Å²) in [5.74, 6) is -0.0239. The molecule has 1 saturated carbocycles. The van der Waals surface area contributed by atoms with Crippen LogP contribution in [0.4, 0.5) is 0 Å². The molecule has 2 fully saturated rings. The van der Waals surface area contributed by atoms with Crippen molar-refractivity contribution in [3.05, 3.63) is 41.0 Å². The molecule has 0 amide bonds. The van der Waals surface area contributed by atoms with Crippen molar-refractivity contribution in [1.29, 1.82) is 0 Å². The highest BCUT2D eigenvalue weighted by molar-refractivity contribution is 5.72. The number of esters is 1. The van der Waals surface area contributed by atoms with Crippen molar-refractivity contribution in [2.75, 3.05) is 6.54 Å². The Balaban J connectivity index is 1.52. The Kier molecular flexibility index (Phi) is 6.75. The smallest absolute Gasteiger partial charge is 0.310 e. The van der Waals surface area contributed by atoms with Crippen LogP contribution in [-0.2, 0) is 9.53 Å². The van der Waals surface area contributed by atoms with E-state index in [1.165, 1.54) is 36.0 Å². The molecule has 1 saturated heterocycles. The minimum atomic E-state index is -0.105.